The quantitative estimate of drug-likeness (QED) is 0.877. The van der Waals surface area contributed by atoms with E-state index in [9.17, 15) is 8.42 Å². The molecule has 1 aromatic heterocycles. The van der Waals surface area contributed by atoms with Gasteiger partial charge in [0, 0.05) is 28.2 Å². The molecule has 0 bridgehead atoms. The first kappa shape index (κ1) is 16.5. The number of hydrogen-bond donors (Lipinski definition) is 1. The molecule has 1 atom stereocenters. The van der Waals surface area contributed by atoms with E-state index in [1.807, 2.05) is 0 Å². The van der Waals surface area contributed by atoms with Gasteiger partial charge in [0.05, 0.1) is 5.75 Å². The summed E-state index contributed by atoms with van der Waals surface area (Å²) in [4.78, 5) is 6.09. The van der Waals surface area contributed by atoms with Crippen LogP contribution in [0.5, 0.6) is 0 Å². The van der Waals surface area contributed by atoms with Crippen molar-refractivity contribution in [1.82, 2.24) is 10.1 Å². The molecule has 1 aliphatic rings. The van der Waals surface area contributed by atoms with E-state index in [0.29, 0.717) is 34.4 Å². The number of aromatic nitrogens is 2. The number of nitrogens with zero attached hydrogens (tertiary/aromatic N) is 3. The van der Waals surface area contributed by atoms with Gasteiger partial charge in [-0.3, -0.25) is 0 Å². The van der Waals surface area contributed by atoms with Gasteiger partial charge in [0.2, 0.25) is 15.8 Å². The Kier molecular flexibility index (Phi) is 4.50. The van der Waals surface area contributed by atoms with Gasteiger partial charge in [-0.1, -0.05) is 28.4 Å². The minimum atomic E-state index is -3.57. The number of hydrogen-bond acceptors (Lipinski definition) is 6. The summed E-state index contributed by atoms with van der Waals surface area (Å²) >= 11 is 11.9. The summed E-state index contributed by atoms with van der Waals surface area (Å²) in [6.45, 7) is 0.637. The molecule has 3 rings (SSSR count). The standard InChI is InChI=1S/C13H14Cl2N4O3S/c14-9-4-8(5-10(15)6-9)12-17-13(22-18-12)19-3-1-2-11(19)7-23(16,20)21/h4-6,11H,1-3,7H2,(H2,16,20,21)/t11-/m0/s1. The van der Waals surface area contributed by atoms with Gasteiger partial charge >= 0.3 is 6.01 Å². The summed E-state index contributed by atoms with van der Waals surface area (Å²) in [7, 11) is -3.57. The molecule has 1 aromatic carbocycles. The second kappa shape index (κ2) is 6.27. The SMILES string of the molecule is NS(=O)(=O)C[C@@H]1CCCN1c1nc(-c2cc(Cl)cc(Cl)c2)no1. The summed E-state index contributed by atoms with van der Waals surface area (Å²) < 4.78 is 27.9. The van der Waals surface area contributed by atoms with Gasteiger partial charge in [-0.05, 0) is 31.0 Å². The molecule has 0 unspecified atom stereocenters. The molecule has 23 heavy (non-hydrogen) atoms. The molecule has 124 valence electrons. The minimum Gasteiger partial charge on any atom is -0.320 e. The maximum absolute atomic E-state index is 11.3. The van der Waals surface area contributed by atoms with E-state index in [4.69, 9.17) is 32.9 Å². The van der Waals surface area contributed by atoms with Crippen molar-refractivity contribution in [3.8, 4) is 11.4 Å². The summed E-state index contributed by atoms with van der Waals surface area (Å²) in [5, 5.41) is 9.98. The van der Waals surface area contributed by atoms with E-state index in [1.54, 1.807) is 23.1 Å². The lowest BCUT2D eigenvalue weighted by molar-refractivity contribution is 0.412. The lowest BCUT2D eigenvalue weighted by Crippen LogP contribution is -2.37. The summed E-state index contributed by atoms with van der Waals surface area (Å²) in [6.07, 6.45) is 1.54. The molecule has 2 N–H and O–H groups in total. The van der Waals surface area contributed by atoms with Crippen molar-refractivity contribution in [2.75, 3.05) is 17.2 Å². The van der Waals surface area contributed by atoms with Crippen molar-refractivity contribution in [3.05, 3.63) is 28.2 Å². The van der Waals surface area contributed by atoms with Gasteiger partial charge in [0.25, 0.3) is 0 Å². The maximum atomic E-state index is 11.3. The molecular formula is C13H14Cl2N4O3S. The monoisotopic (exact) mass is 376 g/mol. The van der Waals surface area contributed by atoms with Crippen LogP contribution in [-0.2, 0) is 10.0 Å². The smallest absolute Gasteiger partial charge is 0.320 e. The first-order valence-electron chi connectivity index (χ1n) is 6.89. The molecular weight excluding hydrogens is 363 g/mol. The normalized spacial score (nSPS) is 18.6. The lowest BCUT2D eigenvalue weighted by Gasteiger charge is -2.20. The van der Waals surface area contributed by atoms with Crippen molar-refractivity contribution in [3.63, 3.8) is 0 Å². The molecule has 10 heteroatoms. The second-order valence-corrected chi connectivity index (χ2v) is 7.91. The van der Waals surface area contributed by atoms with E-state index < -0.39 is 10.0 Å². The zero-order valence-corrected chi connectivity index (χ0v) is 14.3. The molecule has 0 aliphatic carbocycles. The Hall–Kier alpha value is -1.35. The molecule has 7 nitrogen and oxygen atoms in total. The van der Waals surface area contributed by atoms with E-state index in [0.717, 1.165) is 6.42 Å². The van der Waals surface area contributed by atoms with Crippen LogP contribution < -0.4 is 10.0 Å². The zero-order valence-electron chi connectivity index (χ0n) is 11.9. The van der Waals surface area contributed by atoms with Gasteiger partial charge in [-0.25, -0.2) is 13.6 Å². The average Bonchev–Trinajstić information content (AvgIpc) is 3.03. The molecule has 1 aliphatic heterocycles. The zero-order chi connectivity index (χ0) is 16.6. The predicted octanol–water partition coefficient (Wildman–Crippen LogP) is 2.30. The molecule has 1 saturated heterocycles. The highest BCUT2D eigenvalue weighted by molar-refractivity contribution is 7.89. The highest BCUT2D eigenvalue weighted by Crippen LogP contribution is 2.29. The number of nitrogens with two attached hydrogens (primary N) is 1. The highest BCUT2D eigenvalue weighted by Gasteiger charge is 2.31. The first-order chi connectivity index (χ1) is 10.8. The lowest BCUT2D eigenvalue weighted by atomic mass is 10.2. The van der Waals surface area contributed by atoms with Crippen LogP contribution in [0.25, 0.3) is 11.4 Å². The van der Waals surface area contributed by atoms with E-state index in [2.05, 4.69) is 10.1 Å². The van der Waals surface area contributed by atoms with Crippen molar-refractivity contribution < 1.29 is 12.9 Å². The number of halogens is 2. The molecule has 0 radical (unpaired) electrons. The number of rotatable bonds is 4. The van der Waals surface area contributed by atoms with Gasteiger partial charge in [0.1, 0.15) is 0 Å². The van der Waals surface area contributed by atoms with Gasteiger partial charge < -0.3 is 9.42 Å². The van der Waals surface area contributed by atoms with Gasteiger partial charge in [-0.15, -0.1) is 0 Å². The highest BCUT2D eigenvalue weighted by atomic mass is 35.5. The predicted molar refractivity (Wildman–Crippen MR) is 88.1 cm³/mol. The Morgan fingerprint density at radius 1 is 1.30 bits per heavy atom. The number of primary sulfonamides is 1. The van der Waals surface area contributed by atoms with Crippen LogP contribution in [0.4, 0.5) is 6.01 Å². The van der Waals surface area contributed by atoms with Crippen LogP contribution in [0, 0.1) is 0 Å². The first-order valence-corrected chi connectivity index (χ1v) is 9.36. The molecule has 2 heterocycles. The van der Waals surface area contributed by atoms with Crippen LogP contribution in [0.3, 0.4) is 0 Å². The van der Waals surface area contributed by atoms with Gasteiger partial charge in [-0.2, -0.15) is 4.98 Å². The van der Waals surface area contributed by atoms with Crippen LogP contribution in [0.15, 0.2) is 22.7 Å². The molecule has 0 spiro atoms. The Balaban J connectivity index is 1.86. The fourth-order valence-corrected chi connectivity index (χ4v) is 4.07. The van der Waals surface area contributed by atoms with Gasteiger partial charge in [0.15, 0.2) is 0 Å². The van der Waals surface area contributed by atoms with Crippen LogP contribution in [0.2, 0.25) is 10.0 Å². The Morgan fingerprint density at radius 3 is 2.65 bits per heavy atom. The van der Waals surface area contributed by atoms with Crippen molar-refractivity contribution in [2.24, 2.45) is 5.14 Å². The molecule has 2 aromatic rings. The number of sulfonamides is 1. The topological polar surface area (TPSA) is 102 Å². The molecule has 0 saturated carbocycles. The van der Waals surface area contributed by atoms with Crippen molar-refractivity contribution in [1.29, 1.82) is 0 Å². The maximum Gasteiger partial charge on any atom is 0.324 e. The fourth-order valence-electron chi connectivity index (χ4n) is 2.66. The summed E-state index contributed by atoms with van der Waals surface area (Å²) in [5.41, 5.74) is 0.625. The Bertz CT molecular complexity index is 804. The number of benzene rings is 1. The summed E-state index contributed by atoms with van der Waals surface area (Å²) in [6, 6.07) is 4.96. The largest absolute Gasteiger partial charge is 0.324 e. The third-order valence-corrected chi connectivity index (χ3v) is 4.87. The molecule has 1 fully saturated rings. The average molecular weight is 377 g/mol. The molecule has 0 amide bonds. The minimum absolute atomic E-state index is 0.145. The second-order valence-electron chi connectivity index (χ2n) is 5.38. The van der Waals surface area contributed by atoms with E-state index in [1.165, 1.54) is 0 Å². The van der Waals surface area contributed by atoms with Crippen molar-refractivity contribution in [2.45, 2.75) is 18.9 Å². The van der Waals surface area contributed by atoms with Crippen LogP contribution >= 0.6 is 23.2 Å². The summed E-state index contributed by atoms with van der Waals surface area (Å²) in [5.74, 6) is 0.193. The van der Waals surface area contributed by atoms with Crippen LogP contribution in [-0.4, -0.2) is 36.9 Å². The Labute approximate surface area is 143 Å². The Morgan fingerprint density at radius 2 is 2.00 bits per heavy atom. The van der Waals surface area contributed by atoms with Crippen molar-refractivity contribution >= 4 is 39.2 Å². The van der Waals surface area contributed by atoms with Crippen LogP contribution in [0.1, 0.15) is 12.8 Å². The number of anilines is 1. The van der Waals surface area contributed by atoms with E-state index >= 15 is 0 Å². The third-order valence-electron chi connectivity index (χ3n) is 3.58. The third kappa shape index (κ3) is 3.95. The van der Waals surface area contributed by atoms with E-state index in [-0.39, 0.29) is 17.8 Å². The fraction of sp³-hybridized carbons (Fsp3) is 0.385.